The predicted molar refractivity (Wildman–Crippen MR) is 86.1 cm³/mol. The van der Waals surface area contributed by atoms with Gasteiger partial charge in [0.05, 0.1) is 0 Å². The minimum absolute atomic E-state index is 0.0349. The number of hydrogen-bond acceptors (Lipinski definition) is 2. The van der Waals surface area contributed by atoms with Crippen LogP contribution in [0.25, 0.3) is 0 Å². The van der Waals surface area contributed by atoms with E-state index < -0.39 is 5.97 Å². The van der Waals surface area contributed by atoms with Crippen LogP contribution in [0.15, 0.2) is 12.1 Å². The first-order chi connectivity index (χ1) is 9.49. The molecule has 2 N–H and O–H groups in total. The lowest BCUT2D eigenvalue weighted by Gasteiger charge is -2.29. The summed E-state index contributed by atoms with van der Waals surface area (Å²) in [5.74, 6) is -0.581. The van der Waals surface area contributed by atoms with Gasteiger partial charge in [-0.3, -0.25) is 4.79 Å². The van der Waals surface area contributed by atoms with Crippen LogP contribution in [0.1, 0.15) is 71.1 Å². The normalized spacial score (nSPS) is 12.5. The number of rotatable bonds is 5. The Labute approximate surface area is 128 Å². The standard InChI is InChI=1S/C18H28O3/c1-7-18(5,6)14-11-13(17(2,3)4)10-12(16(14)21)8-9-15(19)20/h10-11,21H,7-9H2,1-6H3,(H,19,20). The van der Waals surface area contributed by atoms with Crippen LogP contribution in [-0.4, -0.2) is 16.2 Å². The Morgan fingerprint density at radius 1 is 1.14 bits per heavy atom. The number of aromatic hydroxyl groups is 1. The van der Waals surface area contributed by atoms with E-state index in [2.05, 4.69) is 47.6 Å². The van der Waals surface area contributed by atoms with Gasteiger partial charge >= 0.3 is 5.97 Å². The number of benzene rings is 1. The predicted octanol–water partition coefficient (Wildman–Crippen LogP) is 4.39. The average Bonchev–Trinajstić information content (AvgIpc) is 2.35. The fraction of sp³-hybridized carbons (Fsp3) is 0.611. The zero-order chi connectivity index (χ0) is 16.4. The smallest absolute Gasteiger partial charge is 0.303 e. The molecule has 3 heteroatoms. The summed E-state index contributed by atoms with van der Waals surface area (Å²) < 4.78 is 0. The van der Waals surface area contributed by atoms with Crippen molar-refractivity contribution in [3.63, 3.8) is 0 Å². The molecule has 0 amide bonds. The molecule has 0 fully saturated rings. The number of hydrogen-bond donors (Lipinski definition) is 2. The van der Waals surface area contributed by atoms with Gasteiger partial charge in [0.15, 0.2) is 0 Å². The zero-order valence-electron chi connectivity index (χ0n) is 14.1. The molecular formula is C18H28O3. The highest BCUT2D eigenvalue weighted by Crippen LogP contribution is 2.39. The molecule has 0 spiro atoms. The lowest BCUT2D eigenvalue weighted by Crippen LogP contribution is -2.20. The molecule has 0 radical (unpaired) electrons. The Balaban J connectivity index is 3.43. The first-order valence-corrected chi connectivity index (χ1v) is 7.57. The van der Waals surface area contributed by atoms with Crippen molar-refractivity contribution in [2.75, 3.05) is 0 Å². The van der Waals surface area contributed by atoms with E-state index in [1.54, 1.807) is 0 Å². The highest BCUT2D eigenvalue weighted by molar-refractivity contribution is 5.67. The molecule has 1 rings (SSSR count). The molecule has 0 atom stereocenters. The van der Waals surface area contributed by atoms with Gasteiger partial charge in [-0.05, 0) is 34.8 Å². The third kappa shape index (κ3) is 4.23. The Hall–Kier alpha value is -1.51. The van der Waals surface area contributed by atoms with E-state index in [0.717, 1.165) is 23.1 Å². The van der Waals surface area contributed by atoms with Crippen molar-refractivity contribution in [2.45, 2.75) is 71.6 Å². The van der Waals surface area contributed by atoms with Crippen LogP contribution in [-0.2, 0) is 22.0 Å². The number of phenols is 1. The van der Waals surface area contributed by atoms with Gasteiger partial charge < -0.3 is 10.2 Å². The van der Waals surface area contributed by atoms with Crippen LogP contribution >= 0.6 is 0 Å². The first-order valence-electron chi connectivity index (χ1n) is 7.57. The minimum atomic E-state index is -0.841. The monoisotopic (exact) mass is 292 g/mol. The molecular weight excluding hydrogens is 264 g/mol. The number of aryl methyl sites for hydroxylation is 1. The van der Waals surface area contributed by atoms with Crippen molar-refractivity contribution in [1.29, 1.82) is 0 Å². The second-order valence-corrected chi connectivity index (χ2v) is 7.41. The van der Waals surface area contributed by atoms with Crippen molar-refractivity contribution >= 4 is 5.97 Å². The van der Waals surface area contributed by atoms with Crippen LogP contribution in [0.2, 0.25) is 0 Å². The maximum absolute atomic E-state index is 10.8. The molecule has 3 nitrogen and oxygen atoms in total. The van der Waals surface area contributed by atoms with E-state index in [4.69, 9.17) is 5.11 Å². The second-order valence-electron chi connectivity index (χ2n) is 7.41. The minimum Gasteiger partial charge on any atom is -0.507 e. The molecule has 1 aromatic rings. The molecule has 1 aromatic carbocycles. The fourth-order valence-corrected chi connectivity index (χ4v) is 2.27. The van der Waals surface area contributed by atoms with Crippen LogP contribution in [0, 0.1) is 0 Å². The molecule has 0 aliphatic carbocycles. The maximum atomic E-state index is 10.8. The third-order valence-corrected chi connectivity index (χ3v) is 4.28. The number of aliphatic carboxylic acids is 1. The van der Waals surface area contributed by atoms with Crippen LogP contribution in [0.4, 0.5) is 0 Å². The summed E-state index contributed by atoms with van der Waals surface area (Å²) in [6, 6.07) is 4.02. The zero-order valence-corrected chi connectivity index (χ0v) is 14.1. The van der Waals surface area contributed by atoms with E-state index in [1.807, 2.05) is 6.07 Å². The quantitative estimate of drug-likeness (QED) is 0.846. The van der Waals surface area contributed by atoms with Gasteiger partial charge in [0.25, 0.3) is 0 Å². The number of carboxylic acids is 1. The summed E-state index contributed by atoms with van der Waals surface area (Å²) in [4.78, 5) is 10.8. The molecule has 0 unspecified atom stereocenters. The van der Waals surface area contributed by atoms with E-state index in [-0.39, 0.29) is 23.0 Å². The van der Waals surface area contributed by atoms with E-state index >= 15 is 0 Å². The summed E-state index contributed by atoms with van der Waals surface area (Å²) in [6.07, 6.45) is 1.30. The maximum Gasteiger partial charge on any atom is 0.303 e. The Morgan fingerprint density at radius 2 is 1.71 bits per heavy atom. The van der Waals surface area contributed by atoms with Crippen molar-refractivity contribution in [1.82, 2.24) is 0 Å². The molecule has 0 saturated carbocycles. The van der Waals surface area contributed by atoms with Gasteiger partial charge in [-0.1, -0.05) is 53.7 Å². The number of phenolic OH excluding ortho intramolecular Hbond substituents is 1. The number of carbonyl (C=O) groups is 1. The summed E-state index contributed by atoms with van der Waals surface area (Å²) in [5.41, 5.74) is 2.62. The van der Waals surface area contributed by atoms with E-state index in [9.17, 15) is 9.90 Å². The van der Waals surface area contributed by atoms with Crippen LogP contribution in [0.3, 0.4) is 0 Å². The highest BCUT2D eigenvalue weighted by Gasteiger charge is 2.26. The topological polar surface area (TPSA) is 57.5 Å². The summed E-state index contributed by atoms with van der Waals surface area (Å²) in [7, 11) is 0. The molecule has 0 bridgehead atoms. The van der Waals surface area contributed by atoms with Crippen molar-refractivity contribution in [3.8, 4) is 5.75 Å². The third-order valence-electron chi connectivity index (χ3n) is 4.28. The largest absolute Gasteiger partial charge is 0.507 e. The van der Waals surface area contributed by atoms with Gasteiger partial charge in [0, 0.05) is 12.0 Å². The first kappa shape index (κ1) is 17.5. The lowest BCUT2D eigenvalue weighted by atomic mass is 9.76. The van der Waals surface area contributed by atoms with Gasteiger partial charge in [0.2, 0.25) is 0 Å². The molecule has 0 aliphatic heterocycles. The van der Waals surface area contributed by atoms with Gasteiger partial charge in [-0.2, -0.15) is 0 Å². The van der Waals surface area contributed by atoms with Gasteiger partial charge in [-0.15, -0.1) is 0 Å². The van der Waals surface area contributed by atoms with Gasteiger partial charge in [0.1, 0.15) is 5.75 Å². The average molecular weight is 292 g/mol. The van der Waals surface area contributed by atoms with Crippen LogP contribution in [0.5, 0.6) is 5.75 Å². The Kier molecular flexibility index (Phi) is 5.08. The van der Waals surface area contributed by atoms with Gasteiger partial charge in [-0.25, -0.2) is 0 Å². The molecule has 0 saturated heterocycles. The lowest BCUT2D eigenvalue weighted by molar-refractivity contribution is -0.136. The Bertz CT molecular complexity index is 522. The molecule has 21 heavy (non-hydrogen) atoms. The molecule has 118 valence electrons. The number of carboxylic acid groups (broad SMARTS) is 1. The molecule has 0 heterocycles. The van der Waals surface area contributed by atoms with Crippen molar-refractivity contribution in [3.05, 3.63) is 28.8 Å². The van der Waals surface area contributed by atoms with E-state index in [0.29, 0.717) is 6.42 Å². The molecule has 0 aromatic heterocycles. The second kappa shape index (κ2) is 6.08. The highest BCUT2D eigenvalue weighted by atomic mass is 16.4. The summed E-state index contributed by atoms with van der Waals surface area (Å²) in [6.45, 7) is 12.7. The van der Waals surface area contributed by atoms with E-state index in [1.165, 1.54) is 0 Å². The summed E-state index contributed by atoms with van der Waals surface area (Å²) >= 11 is 0. The van der Waals surface area contributed by atoms with Crippen LogP contribution < -0.4 is 0 Å². The summed E-state index contributed by atoms with van der Waals surface area (Å²) in [5, 5.41) is 19.5. The Morgan fingerprint density at radius 3 is 2.14 bits per heavy atom. The van der Waals surface area contributed by atoms with Crippen molar-refractivity contribution < 1.29 is 15.0 Å². The SMILES string of the molecule is CCC(C)(C)c1cc(C(C)(C)C)cc(CCC(=O)O)c1O. The molecule has 0 aliphatic rings. The van der Waals surface area contributed by atoms with Crippen molar-refractivity contribution in [2.24, 2.45) is 0 Å². The fourth-order valence-electron chi connectivity index (χ4n) is 2.27.